The van der Waals surface area contributed by atoms with Gasteiger partial charge in [0.15, 0.2) is 0 Å². The minimum absolute atomic E-state index is 0.0537. The highest BCUT2D eigenvalue weighted by Crippen LogP contribution is 2.19. The first-order valence-electron chi connectivity index (χ1n) is 8.25. The Bertz CT molecular complexity index is 858. The van der Waals surface area contributed by atoms with E-state index < -0.39 is 16.1 Å². The molecule has 0 heterocycles. The summed E-state index contributed by atoms with van der Waals surface area (Å²) in [5, 5.41) is 0. The zero-order chi connectivity index (χ0) is 19.2. The number of benzene rings is 2. The quantitative estimate of drug-likeness (QED) is 0.715. The van der Waals surface area contributed by atoms with Crippen LogP contribution in [0.2, 0.25) is 0 Å². The van der Waals surface area contributed by atoms with Crippen LogP contribution in [0.5, 0.6) is 0 Å². The lowest BCUT2D eigenvalue weighted by molar-refractivity contribution is 0.151. The SMILES string of the molecule is COC(=O)N(C/C=C/C(C)c1ccccc1)S(=O)(=O)c1ccc(C)cc1. The number of rotatable bonds is 6. The fourth-order valence-electron chi connectivity index (χ4n) is 2.44. The number of nitrogens with zero attached hydrogens (tertiary/aromatic N) is 1. The number of hydrogen-bond donors (Lipinski definition) is 0. The third-order valence-corrected chi connectivity index (χ3v) is 5.75. The molecule has 0 aromatic heterocycles. The molecule has 138 valence electrons. The maximum Gasteiger partial charge on any atom is 0.423 e. The van der Waals surface area contributed by atoms with Crippen molar-refractivity contribution in [3.63, 3.8) is 0 Å². The van der Waals surface area contributed by atoms with Crippen LogP contribution in [0.15, 0.2) is 71.6 Å². The molecule has 0 saturated carbocycles. The van der Waals surface area contributed by atoms with E-state index in [-0.39, 0.29) is 17.4 Å². The van der Waals surface area contributed by atoms with E-state index in [0.29, 0.717) is 0 Å². The standard InChI is InChI=1S/C20H23NO4S/c1-16-11-13-19(14-12-16)26(23,24)21(20(22)25-3)15-7-8-17(2)18-9-5-4-6-10-18/h4-14,17H,15H2,1-3H3/b8-7+. The van der Waals surface area contributed by atoms with Crippen LogP contribution < -0.4 is 0 Å². The predicted octanol–water partition coefficient (Wildman–Crippen LogP) is 4.11. The molecule has 0 aliphatic carbocycles. The minimum Gasteiger partial charge on any atom is -0.452 e. The minimum atomic E-state index is -3.98. The highest BCUT2D eigenvalue weighted by atomic mass is 32.2. The highest BCUT2D eigenvalue weighted by molar-refractivity contribution is 7.89. The van der Waals surface area contributed by atoms with Gasteiger partial charge < -0.3 is 4.74 Å². The summed E-state index contributed by atoms with van der Waals surface area (Å²) >= 11 is 0. The van der Waals surface area contributed by atoms with E-state index in [9.17, 15) is 13.2 Å². The molecule has 2 rings (SSSR count). The van der Waals surface area contributed by atoms with Crippen LogP contribution in [-0.4, -0.2) is 32.5 Å². The van der Waals surface area contributed by atoms with Gasteiger partial charge in [-0.05, 0) is 30.5 Å². The van der Waals surface area contributed by atoms with E-state index in [1.54, 1.807) is 18.2 Å². The first-order valence-corrected chi connectivity index (χ1v) is 9.69. The molecule has 1 unspecified atom stereocenters. The van der Waals surface area contributed by atoms with Crippen molar-refractivity contribution in [1.82, 2.24) is 4.31 Å². The number of amides is 1. The molecule has 0 N–H and O–H groups in total. The van der Waals surface area contributed by atoms with Crippen molar-refractivity contribution in [3.05, 3.63) is 77.9 Å². The van der Waals surface area contributed by atoms with Gasteiger partial charge in [0, 0.05) is 0 Å². The Morgan fingerprint density at radius 3 is 2.31 bits per heavy atom. The maximum absolute atomic E-state index is 12.8. The fourth-order valence-corrected chi connectivity index (χ4v) is 3.73. The molecular formula is C20H23NO4S. The van der Waals surface area contributed by atoms with Gasteiger partial charge >= 0.3 is 6.09 Å². The molecule has 6 heteroatoms. The van der Waals surface area contributed by atoms with Crippen LogP contribution in [0.3, 0.4) is 0 Å². The van der Waals surface area contributed by atoms with Crippen molar-refractivity contribution < 1.29 is 17.9 Å². The Balaban J connectivity index is 2.21. The van der Waals surface area contributed by atoms with Crippen molar-refractivity contribution >= 4 is 16.1 Å². The Hall–Kier alpha value is -2.60. The molecule has 1 amide bonds. The second-order valence-corrected chi connectivity index (χ2v) is 7.81. The van der Waals surface area contributed by atoms with Crippen LogP contribution in [-0.2, 0) is 14.8 Å². The topological polar surface area (TPSA) is 63.7 Å². The van der Waals surface area contributed by atoms with Crippen LogP contribution in [0.4, 0.5) is 4.79 Å². The van der Waals surface area contributed by atoms with E-state index >= 15 is 0 Å². The summed E-state index contributed by atoms with van der Waals surface area (Å²) in [4.78, 5) is 12.1. The summed E-state index contributed by atoms with van der Waals surface area (Å²) in [6.45, 7) is 3.77. The van der Waals surface area contributed by atoms with Crippen molar-refractivity contribution in [2.24, 2.45) is 0 Å². The van der Waals surface area contributed by atoms with Gasteiger partial charge in [0.05, 0.1) is 18.6 Å². The molecule has 0 radical (unpaired) electrons. The van der Waals surface area contributed by atoms with E-state index in [4.69, 9.17) is 0 Å². The molecule has 0 bridgehead atoms. The molecule has 0 aliphatic heterocycles. The zero-order valence-electron chi connectivity index (χ0n) is 15.1. The molecule has 0 fully saturated rings. The largest absolute Gasteiger partial charge is 0.452 e. The van der Waals surface area contributed by atoms with Gasteiger partial charge in [0.1, 0.15) is 0 Å². The number of methoxy groups -OCH3 is 1. The normalized spacial score (nSPS) is 12.7. The van der Waals surface area contributed by atoms with E-state index in [1.165, 1.54) is 12.1 Å². The number of sulfonamides is 1. The van der Waals surface area contributed by atoms with Crippen LogP contribution in [0.25, 0.3) is 0 Å². The van der Waals surface area contributed by atoms with Gasteiger partial charge in [-0.25, -0.2) is 13.2 Å². The summed E-state index contributed by atoms with van der Waals surface area (Å²) in [5.41, 5.74) is 2.04. The van der Waals surface area contributed by atoms with Crippen molar-refractivity contribution in [3.8, 4) is 0 Å². The molecule has 5 nitrogen and oxygen atoms in total. The molecule has 0 saturated heterocycles. The third-order valence-electron chi connectivity index (χ3n) is 4.01. The average molecular weight is 373 g/mol. The van der Waals surface area contributed by atoms with Gasteiger partial charge in [-0.15, -0.1) is 0 Å². The van der Waals surface area contributed by atoms with Gasteiger partial charge in [0.2, 0.25) is 0 Å². The Morgan fingerprint density at radius 2 is 1.73 bits per heavy atom. The number of allylic oxidation sites excluding steroid dienone is 1. The van der Waals surface area contributed by atoms with Gasteiger partial charge in [0.25, 0.3) is 10.0 Å². The monoisotopic (exact) mass is 373 g/mol. The first kappa shape index (κ1) is 19.7. The molecule has 2 aromatic carbocycles. The predicted molar refractivity (Wildman–Crippen MR) is 101 cm³/mol. The molecular weight excluding hydrogens is 350 g/mol. The van der Waals surface area contributed by atoms with Crippen LogP contribution in [0.1, 0.15) is 24.0 Å². The summed E-state index contributed by atoms with van der Waals surface area (Å²) in [6, 6.07) is 16.2. The molecule has 0 aliphatic rings. The second-order valence-electron chi connectivity index (χ2n) is 5.95. The number of aryl methyl sites for hydroxylation is 1. The van der Waals surface area contributed by atoms with Gasteiger partial charge in [-0.1, -0.05) is 67.1 Å². The van der Waals surface area contributed by atoms with E-state index in [2.05, 4.69) is 4.74 Å². The molecule has 1 atom stereocenters. The Morgan fingerprint density at radius 1 is 1.12 bits per heavy atom. The summed E-state index contributed by atoms with van der Waals surface area (Å²) in [6.07, 6.45) is 2.62. The smallest absolute Gasteiger partial charge is 0.423 e. The fraction of sp³-hybridized carbons (Fsp3) is 0.250. The molecule has 0 spiro atoms. The maximum atomic E-state index is 12.8. The Labute approximate surface area is 155 Å². The lowest BCUT2D eigenvalue weighted by atomic mass is 10.0. The zero-order valence-corrected chi connectivity index (χ0v) is 15.9. The summed E-state index contributed by atoms with van der Waals surface area (Å²) < 4.78 is 30.9. The third kappa shape index (κ3) is 4.73. The first-order chi connectivity index (χ1) is 12.4. The number of hydrogen-bond acceptors (Lipinski definition) is 4. The van der Waals surface area contributed by atoms with Gasteiger partial charge in [-0.2, -0.15) is 4.31 Å². The van der Waals surface area contributed by atoms with E-state index in [0.717, 1.165) is 22.5 Å². The van der Waals surface area contributed by atoms with Gasteiger partial charge in [-0.3, -0.25) is 0 Å². The average Bonchev–Trinajstić information content (AvgIpc) is 2.65. The number of carbonyl (C=O) groups excluding carboxylic acids is 1. The van der Waals surface area contributed by atoms with Crippen molar-refractivity contribution in [2.45, 2.75) is 24.7 Å². The molecule has 26 heavy (non-hydrogen) atoms. The van der Waals surface area contributed by atoms with Crippen molar-refractivity contribution in [2.75, 3.05) is 13.7 Å². The lowest BCUT2D eigenvalue weighted by Crippen LogP contribution is -2.37. The molecule has 2 aromatic rings. The summed E-state index contributed by atoms with van der Waals surface area (Å²) in [7, 11) is -2.82. The van der Waals surface area contributed by atoms with Crippen LogP contribution in [0, 0.1) is 6.92 Å². The van der Waals surface area contributed by atoms with Crippen molar-refractivity contribution in [1.29, 1.82) is 0 Å². The highest BCUT2D eigenvalue weighted by Gasteiger charge is 2.29. The lowest BCUT2D eigenvalue weighted by Gasteiger charge is -2.20. The number of carbonyl (C=O) groups is 1. The second kappa shape index (κ2) is 8.67. The Kier molecular flexibility index (Phi) is 6.58. The van der Waals surface area contributed by atoms with E-state index in [1.807, 2.05) is 50.3 Å². The number of ether oxygens (including phenoxy) is 1. The summed E-state index contributed by atoms with van der Waals surface area (Å²) in [5.74, 6) is 0.0952. The van der Waals surface area contributed by atoms with Crippen LogP contribution >= 0.6 is 0 Å².